The van der Waals surface area contributed by atoms with Crippen LogP contribution >= 0.6 is 0 Å². The van der Waals surface area contributed by atoms with E-state index >= 15 is 0 Å². The maximum absolute atomic E-state index is 9.99. The molecule has 0 bridgehead atoms. The van der Waals surface area contributed by atoms with Gasteiger partial charge in [-0.05, 0) is 6.92 Å². The Morgan fingerprint density at radius 1 is 0.818 bits per heavy atom. The van der Waals surface area contributed by atoms with Crippen LogP contribution in [0.5, 0.6) is 0 Å². The molecule has 10 heteroatoms. The Morgan fingerprint density at radius 3 is 2.05 bits per heavy atom. The van der Waals surface area contributed by atoms with Crippen molar-refractivity contribution in [3.63, 3.8) is 0 Å². The molecule has 2 aliphatic heterocycles. The van der Waals surface area contributed by atoms with Gasteiger partial charge in [0.2, 0.25) is 0 Å². The van der Waals surface area contributed by atoms with Gasteiger partial charge in [0, 0.05) is 0 Å². The summed E-state index contributed by atoms with van der Waals surface area (Å²) in [4.78, 5) is 0. The molecule has 0 spiro atoms. The van der Waals surface area contributed by atoms with Crippen molar-refractivity contribution in [2.75, 3.05) is 6.61 Å². The molecule has 22 heavy (non-hydrogen) atoms. The molecule has 0 aromatic carbocycles. The van der Waals surface area contributed by atoms with Crippen molar-refractivity contribution in [3.8, 4) is 0 Å². The molecule has 0 aliphatic carbocycles. The molecule has 2 saturated heterocycles. The molecule has 10 nitrogen and oxygen atoms in total. The highest BCUT2D eigenvalue weighted by Gasteiger charge is 2.49. The van der Waals surface area contributed by atoms with Gasteiger partial charge < -0.3 is 50.0 Å². The Balaban J connectivity index is 2.10. The number of hydrogen-bond donors (Lipinski definition) is 7. The van der Waals surface area contributed by atoms with Crippen LogP contribution in [0, 0.1) is 0 Å². The van der Waals surface area contributed by atoms with Gasteiger partial charge in [-0.1, -0.05) is 0 Å². The smallest absolute Gasteiger partial charge is 0.187 e. The molecule has 0 unspecified atom stereocenters. The van der Waals surface area contributed by atoms with Crippen molar-refractivity contribution in [1.29, 1.82) is 0 Å². The molecule has 0 amide bonds. The van der Waals surface area contributed by atoms with Crippen molar-refractivity contribution >= 4 is 0 Å². The molecule has 2 fully saturated rings. The third-order valence-electron chi connectivity index (χ3n) is 3.94. The second kappa shape index (κ2) is 7.01. The number of hydrogen-bond acceptors (Lipinski definition) is 10. The van der Waals surface area contributed by atoms with Gasteiger partial charge in [-0.25, -0.2) is 0 Å². The van der Waals surface area contributed by atoms with Crippen LogP contribution in [0.15, 0.2) is 0 Å². The van der Waals surface area contributed by atoms with E-state index in [4.69, 9.17) is 19.3 Å². The molecular weight excluding hydrogens is 304 g/mol. The lowest BCUT2D eigenvalue weighted by atomic mass is 9.97. The maximum atomic E-state index is 9.99. The van der Waals surface area contributed by atoms with E-state index < -0.39 is 68.0 Å². The Morgan fingerprint density at radius 2 is 1.45 bits per heavy atom. The minimum Gasteiger partial charge on any atom is -0.394 e. The van der Waals surface area contributed by atoms with Crippen molar-refractivity contribution < 1.29 is 50.0 Å². The number of aliphatic hydroxyl groups excluding tert-OH is 7. The molecule has 0 saturated carbocycles. The van der Waals surface area contributed by atoms with Crippen LogP contribution in [-0.4, -0.2) is 104 Å². The Kier molecular flexibility index (Phi) is 5.72. The van der Waals surface area contributed by atoms with Gasteiger partial charge in [0.25, 0.3) is 0 Å². The summed E-state index contributed by atoms with van der Waals surface area (Å²) in [7, 11) is 0. The van der Waals surface area contributed by atoms with Crippen LogP contribution in [-0.2, 0) is 14.2 Å². The number of rotatable bonds is 3. The molecular formula is C12H22O10. The zero-order chi connectivity index (χ0) is 16.6. The molecule has 7 N–H and O–H groups in total. The van der Waals surface area contributed by atoms with Gasteiger partial charge in [-0.15, -0.1) is 0 Å². The van der Waals surface area contributed by atoms with Crippen LogP contribution in [0.4, 0.5) is 0 Å². The Labute approximate surface area is 126 Å². The predicted octanol–water partition coefficient (Wildman–Crippen LogP) is -4.37. The fourth-order valence-corrected chi connectivity index (χ4v) is 2.51. The first-order chi connectivity index (χ1) is 10.3. The average molecular weight is 326 g/mol. The van der Waals surface area contributed by atoms with E-state index in [0.29, 0.717) is 0 Å². The fraction of sp³-hybridized carbons (Fsp3) is 1.00. The average Bonchev–Trinajstić information content (AvgIpc) is 2.50. The van der Waals surface area contributed by atoms with Crippen molar-refractivity contribution in [2.24, 2.45) is 0 Å². The van der Waals surface area contributed by atoms with Crippen LogP contribution in [0.2, 0.25) is 0 Å². The van der Waals surface area contributed by atoms with E-state index in [1.807, 2.05) is 0 Å². The molecule has 2 rings (SSSR count). The third kappa shape index (κ3) is 3.26. The van der Waals surface area contributed by atoms with Crippen molar-refractivity contribution in [2.45, 2.75) is 68.3 Å². The quantitative estimate of drug-likeness (QED) is 0.269. The van der Waals surface area contributed by atoms with E-state index in [9.17, 15) is 30.6 Å². The van der Waals surface area contributed by atoms with Gasteiger partial charge in [-0.3, -0.25) is 0 Å². The van der Waals surface area contributed by atoms with E-state index in [1.165, 1.54) is 6.92 Å². The summed E-state index contributed by atoms with van der Waals surface area (Å²) in [5.41, 5.74) is 0. The summed E-state index contributed by atoms with van der Waals surface area (Å²) >= 11 is 0. The largest absolute Gasteiger partial charge is 0.394 e. The van der Waals surface area contributed by atoms with Crippen molar-refractivity contribution in [3.05, 3.63) is 0 Å². The first-order valence-corrected chi connectivity index (χ1v) is 6.93. The summed E-state index contributed by atoms with van der Waals surface area (Å²) in [6.45, 7) is 0.814. The van der Waals surface area contributed by atoms with Crippen LogP contribution in [0.25, 0.3) is 0 Å². The summed E-state index contributed by atoms with van der Waals surface area (Å²) < 4.78 is 15.3. The highest BCUT2D eigenvalue weighted by molar-refractivity contribution is 4.93. The van der Waals surface area contributed by atoms with Gasteiger partial charge in [0.1, 0.15) is 42.7 Å². The molecule has 2 aliphatic rings. The molecule has 2 heterocycles. The molecule has 130 valence electrons. The Bertz CT molecular complexity index is 368. The second-order valence-corrected chi connectivity index (χ2v) is 5.51. The summed E-state index contributed by atoms with van der Waals surface area (Å²) in [5, 5.41) is 67.6. The molecule has 10 atom stereocenters. The minimum atomic E-state index is -1.71. The lowest BCUT2D eigenvalue weighted by molar-refractivity contribution is -0.352. The summed E-state index contributed by atoms with van der Waals surface area (Å²) in [5.74, 6) is 0. The van der Waals surface area contributed by atoms with Crippen LogP contribution < -0.4 is 0 Å². The fourth-order valence-electron chi connectivity index (χ4n) is 2.51. The maximum Gasteiger partial charge on any atom is 0.187 e. The van der Waals surface area contributed by atoms with Gasteiger partial charge in [0.05, 0.1) is 12.7 Å². The number of aliphatic hydroxyl groups is 7. The van der Waals surface area contributed by atoms with Crippen LogP contribution in [0.3, 0.4) is 0 Å². The van der Waals surface area contributed by atoms with E-state index in [-0.39, 0.29) is 0 Å². The molecule has 0 radical (unpaired) electrons. The van der Waals surface area contributed by atoms with Crippen molar-refractivity contribution in [1.82, 2.24) is 0 Å². The second-order valence-electron chi connectivity index (χ2n) is 5.51. The predicted molar refractivity (Wildman–Crippen MR) is 67.2 cm³/mol. The Hall–Kier alpha value is -0.400. The number of ether oxygens (including phenoxy) is 3. The highest BCUT2D eigenvalue weighted by atomic mass is 16.7. The zero-order valence-electron chi connectivity index (χ0n) is 11.8. The standard InChI is InChI=1S/C12H22O10/c1-3-5(14)7(16)8(17)12(20-3)22-10-6(15)4(2-13)21-11(19)9(10)18/h3-19H,2H2,1H3/t3-,4-,5+,6-,7+,8-,9+,10+,11+,12-/m1/s1. The topological polar surface area (TPSA) is 169 Å². The normalized spacial score (nSPS) is 53.5. The van der Waals surface area contributed by atoms with Gasteiger partial charge in [0.15, 0.2) is 12.6 Å². The first kappa shape index (κ1) is 17.9. The van der Waals surface area contributed by atoms with Gasteiger partial charge in [-0.2, -0.15) is 0 Å². The lowest BCUT2D eigenvalue weighted by Gasteiger charge is -2.44. The third-order valence-corrected chi connectivity index (χ3v) is 3.94. The monoisotopic (exact) mass is 326 g/mol. The van der Waals surface area contributed by atoms with E-state index in [1.54, 1.807) is 0 Å². The minimum absolute atomic E-state index is 0.628. The summed E-state index contributed by atoms with van der Waals surface area (Å²) in [6.07, 6.45) is -14.3. The van der Waals surface area contributed by atoms with Crippen LogP contribution in [0.1, 0.15) is 6.92 Å². The lowest BCUT2D eigenvalue weighted by Crippen LogP contribution is -2.63. The summed E-state index contributed by atoms with van der Waals surface area (Å²) in [6, 6.07) is 0. The molecule has 0 aromatic rings. The zero-order valence-corrected chi connectivity index (χ0v) is 11.8. The first-order valence-electron chi connectivity index (χ1n) is 6.93. The molecule has 0 aromatic heterocycles. The van der Waals surface area contributed by atoms with E-state index in [0.717, 1.165) is 0 Å². The van der Waals surface area contributed by atoms with E-state index in [2.05, 4.69) is 0 Å². The SMILES string of the molecule is C[C@H]1O[C@H](O[C@@H]2[C@H](O)[C@@H](O)O[C@H](CO)[C@H]2O)[C@H](O)[C@@H](O)[C@H]1O. The van der Waals surface area contributed by atoms with Gasteiger partial charge >= 0.3 is 0 Å². The highest BCUT2D eigenvalue weighted by Crippen LogP contribution is 2.28.